The highest BCUT2D eigenvalue weighted by Gasteiger charge is 2.13. The minimum atomic E-state index is -0.301. The summed E-state index contributed by atoms with van der Waals surface area (Å²) in [6.45, 7) is 0.427. The number of nitrogens with two attached hydrogens (primary N) is 1. The third-order valence-corrected chi connectivity index (χ3v) is 3.23. The lowest BCUT2D eigenvalue weighted by Gasteiger charge is -2.11. The fourth-order valence-corrected chi connectivity index (χ4v) is 1.98. The molecule has 1 unspecified atom stereocenters. The normalized spacial score (nSPS) is 11.6. The van der Waals surface area contributed by atoms with Crippen molar-refractivity contribution in [2.45, 2.75) is 19.1 Å². The number of hydrogen-bond donors (Lipinski definition) is 2. The SMILES string of the molecule is COC(CN)CC(=O)NCc1nc(-c2cccc(Cl)c2)no1.Cl. The Hall–Kier alpha value is -1.67. The van der Waals surface area contributed by atoms with Crippen molar-refractivity contribution in [1.82, 2.24) is 15.5 Å². The summed E-state index contributed by atoms with van der Waals surface area (Å²) in [6.07, 6.45) is -0.118. The van der Waals surface area contributed by atoms with E-state index in [1.165, 1.54) is 7.11 Å². The van der Waals surface area contributed by atoms with Gasteiger partial charge in [0.1, 0.15) is 0 Å². The number of ether oxygens (including phenoxy) is 1. The molecule has 0 aliphatic heterocycles. The molecule has 2 aromatic rings. The molecule has 0 saturated carbocycles. The molecule has 1 aromatic carbocycles. The maximum absolute atomic E-state index is 11.7. The number of nitrogens with one attached hydrogen (secondary N) is 1. The van der Waals surface area contributed by atoms with Crippen LogP contribution >= 0.6 is 24.0 Å². The molecule has 9 heteroatoms. The van der Waals surface area contributed by atoms with Gasteiger partial charge in [0.2, 0.25) is 17.6 Å². The lowest BCUT2D eigenvalue weighted by Crippen LogP contribution is -2.31. The summed E-state index contributed by atoms with van der Waals surface area (Å²) >= 11 is 5.91. The second-order valence-electron chi connectivity index (χ2n) is 4.60. The summed E-state index contributed by atoms with van der Waals surface area (Å²) in [4.78, 5) is 15.9. The van der Waals surface area contributed by atoms with Crippen molar-refractivity contribution >= 4 is 29.9 Å². The molecule has 0 radical (unpaired) electrons. The van der Waals surface area contributed by atoms with E-state index in [9.17, 15) is 4.79 Å². The van der Waals surface area contributed by atoms with Crippen LogP contribution in [-0.4, -0.2) is 35.8 Å². The number of hydrogen-bond acceptors (Lipinski definition) is 6. The Morgan fingerprint density at radius 3 is 2.96 bits per heavy atom. The Morgan fingerprint density at radius 1 is 1.52 bits per heavy atom. The van der Waals surface area contributed by atoms with Crippen molar-refractivity contribution in [2.75, 3.05) is 13.7 Å². The minimum Gasteiger partial charge on any atom is -0.380 e. The van der Waals surface area contributed by atoms with Gasteiger partial charge in [0.25, 0.3) is 0 Å². The summed E-state index contributed by atoms with van der Waals surface area (Å²) in [5.74, 6) is 0.535. The first-order chi connectivity index (χ1) is 10.6. The smallest absolute Gasteiger partial charge is 0.246 e. The number of carbonyl (C=O) groups is 1. The molecule has 0 fully saturated rings. The molecule has 0 spiro atoms. The number of halogens is 2. The molecule has 1 atom stereocenters. The average Bonchev–Trinajstić information content (AvgIpc) is 2.99. The molecule has 0 aliphatic carbocycles. The van der Waals surface area contributed by atoms with Gasteiger partial charge in [-0.05, 0) is 12.1 Å². The van der Waals surface area contributed by atoms with Crippen molar-refractivity contribution in [2.24, 2.45) is 5.73 Å². The fourth-order valence-electron chi connectivity index (χ4n) is 1.79. The van der Waals surface area contributed by atoms with Crippen LogP contribution in [0.25, 0.3) is 11.4 Å². The first-order valence-electron chi connectivity index (χ1n) is 6.70. The highest BCUT2D eigenvalue weighted by atomic mass is 35.5. The van der Waals surface area contributed by atoms with Gasteiger partial charge in [-0.1, -0.05) is 28.9 Å². The number of methoxy groups -OCH3 is 1. The van der Waals surface area contributed by atoms with Crippen molar-refractivity contribution < 1.29 is 14.1 Å². The van der Waals surface area contributed by atoms with E-state index in [1.54, 1.807) is 18.2 Å². The number of carbonyl (C=O) groups excluding carboxylic acids is 1. The second kappa shape index (κ2) is 9.46. The van der Waals surface area contributed by atoms with Crippen LogP contribution in [0.4, 0.5) is 0 Å². The van der Waals surface area contributed by atoms with E-state index in [1.807, 2.05) is 6.07 Å². The van der Waals surface area contributed by atoms with Crippen molar-refractivity contribution in [1.29, 1.82) is 0 Å². The van der Waals surface area contributed by atoms with Crippen LogP contribution in [0.2, 0.25) is 5.02 Å². The molecule has 1 heterocycles. The molecule has 126 valence electrons. The highest BCUT2D eigenvalue weighted by Crippen LogP contribution is 2.19. The van der Waals surface area contributed by atoms with Gasteiger partial charge in [-0.2, -0.15) is 4.98 Å². The largest absolute Gasteiger partial charge is 0.380 e. The van der Waals surface area contributed by atoms with Crippen LogP contribution < -0.4 is 11.1 Å². The number of benzene rings is 1. The van der Waals surface area contributed by atoms with Crippen molar-refractivity contribution in [3.8, 4) is 11.4 Å². The van der Waals surface area contributed by atoms with Crippen LogP contribution in [0.5, 0.6) is 0 Å². The van der Waals surface area contributed by atoms with Crippen molar-refractivity contribution in [3.63, 3.8) is 0 Å². The molecule has 0 aliphatic rings. The monoisotopic (exact) mass is 360 g/mol. The Bertz CT molecular complexity index is 632. The zero-order valence-electron chi connectivity index (χ0n) is 12.5. The lowest BCUT2D eigenvalue weighted by atomic mass is 10.2. The summed E-state index contributed by atoms with van der Waals surface area (Å²) in [5.41, 5.74) is 6.21. The Kier molecular flexibility index (Phi) is 7.97. The van der Waals surface area contributed by atoms with Gasteiger partial charge in [0.15, 0.2) is 0 Å². The molecular weight excluding hydrogens is 343 g/mol. The second-order valence-corrected chi connectivity index (χ2v) is 5.03. The third-order valence-electron chi connectivity index (χ3n) is 3.00. The van der Waals surface area contributed by atoms with Crippen LogP contribution in [0.3, 0.4) is 0 Å². The Balaban J connectivity index is 0.00000264. The van der Waals surface area contributed by atoms with Gasteiger partial charge in [0.05, 0.1) is 19.1 Å². The van der Waals surface area contributed by atoms with Gasteiger partial charge in [-0.3, -0.25) is 4.79 Å². The number of nitrogens with zero attached hydrogens (tertiary/aromatic N) is 2. The fraction of sp³-hybridized carbons (Fsp3) is 0.357. The third kappa shape index (κ3) is 5.80. The summed E-state index contributed by atoms with van der Waals surface area (Å²) in [5, 5.41) is 7.12. The summed E-state index contributed by atoms with van der Waals surface area (Å²) in [6, 6.07) is 7.12. The van der Waals surface area contributed by atoms with Crippen LogP contribution in [0, 0.1) is 0 Å². The van der Waals surface area contributed by atoms with E-state index >= 15 is 0 Å². The van der Waals surface area contributed by atoms with Gasteiger partial charge in [-0.25, -0.2) is 0 Å². The first kappa shape index (κ1) is 19.4. The van der Waals surface area contributed by atoms with Crippen LogP contribution in [-0.2, 0) is 16.1 Å². The van der Waals surface area contributed by atoms with Gasteiger partial charge >= 0.3 is 0 Å². The number of rotatable bonds is 7. The van der Waals surface area contributed by atoms with E-state index in [4.69, 9.17) is 26.6 Å². The molecule has 1 aromatic heterocycles. The van der Waals surface area contributed by atoms with Gasteiger partial charge < -0.3 is 20.3 Å². The van der Waals surface area contributed by atoms with Crippen LogP contribution in [0.15, 0.2) is 28.8 Å². The zero-order valence-corrected chi connectivity index (χ0v) is 14.1. The topological polar surface area (TPSA) is 103 Å². The van der Waals surface area contributed by atoms with Crippen LogP contribution in [0.1, 0.15) is 12.3 Å². The molecule has 1 amide bonds. The van der Waals surface area contributed by atoms with E-state index in [0.717, 1.165) is 5.56 Å². The first-order valence-corrected chi connectivity index (χ1v) is 7.08. The predicted molar refractivity (Wildman–Crippen MR) is 88.3 cm³/mol. The highest BCUT2D eigenvalue weighted by molar-refractivity contribution is 6.30. The maximum Gasteiger partial charge on any atom is 0.246 e. The summed E-state index contributed by atoms with van der Waals surface area (Å²) < 4.78 is 10.1. The van der Waals surface area contributed by atoms with Gasteiger partial charge in [-0.15, -0.1) is 12.4 Å². The predicted octanol–water partition coefficient (Wildman–Crippen LogP) is 1.79. The Morgan fingerprint density at radius 2 is 2.30 bits per heavy atom. The standard InChI is InChI=1S/C14H17ClN4O3.ClH/c1-21-11(7-16)6-12(20)17-8-13-18-14(19-22-13)9-3-2-4-10(15)5-9;/h2-5,11H,6-8,16H2,1H3,(H,17,20);1H. The maximum atomic E-state index is 11.7. The van der Waals surface area contributed by atoms with E-state index < -0.39 is 0 Å². The van der Waals surface area contributed by atoms with Crippen molar-refractivity contribution in [3.05, 3.63) is 35.2 Å². The number of aromatic nitrogens is 2. The lowest BCUT2D eigenvalue weighted by molar-refractivity contribution is -0.123. The molecule has 23 heavy (non-hydrogen) atoms. The quantitative estimate of drug-likeness (QED) is 0.779. The molecule has 0 bridgehead atoms. The average molecular weight is 361 g/mol. The molecule has 0 saturated heterocycles. The van der Waals surface area contributed by atoms with E-state index in [2.05, 4.69) is 15.5 Å². The molecule has 2 rings (SSSR count). The zero-order chi connectivity index (χ0) is 15.9. The van der Waals surface area contributed by atoms with E-state index in [-0.39, 0.29) is 43.9 Å². The Labute approximate surface area is 144 Å². The minimum absolute atomic E-state index is 0. The molecule has 7 nitrogen and oxygen atoms in total. The van der Waals surface area contributed by atoms with E-state index in [0.29, 0.717) is 16.7 Å². The number of amides is 1. The molecule has 3 N–H and O–H groups in total. The van der Waals surface area contributed by atoms with Gasteiger partial charge in [0, 0.05) is 24.2 Å². The molecular formula is C14H18Cl2N4O3. The summed E-state index contributed by atoms with van der Waals surface area (Å²) in [7, 11) is 1.51.